The summed E-state index contributed by atoms with van der Waals surface area (Å²) in [6, 6.07) is 0. The van der Waals surface area contributed by atoms with Crippen LogP contribution in [0.2, 0.25) is 36.3 Å². The highest BCUT2D eigenvalue weighted by atomic mass is 28.4. The van der Waals surface area contributed by atoms with Crippen LogP contribution in [-0.4, -0.2) is 41.4 Å². The van der Waals surface area contributed by atoms with Gasteiger partial charge in [-0.1, -0.05) is 41.5 Å². The molecule has 0 bridgehead atoms. The quantitative estimate of drug-likeness (QED) is 0.513. The number of hydrogen-bond acceptors (Lipinski definition) is 4. The minimum Gasteiger partial charge on any atom is -0.409 e. The van der Waals surface area contributed by atoms with Crippen LogP contribution in [0.25, 0.3) is 0 Å². The predicted octanol–water partition coefficient (Wildman–Crippen LogP) is 4.17. The molecule has 0 fully saturated rings. The Morgan fingerprint density at radius 2 is 0.909 bits per heavy atom. The SMILES string of the molecule is CC(C)(C)[Si](C)(C)OCC(=O)C(=O)CO[Si](C)(C)C(C)(C)C. The smallest absolute Gasteiger partial charge is 0.225 e. The van der Waals surface area contributed by atoms with Crippen molar-refractivity contribution in [2.24, 2.45) is 0 Å². The highest BCUT2D eigenvalue weighted by molar-refractivity contribution is 6.74. The summed E-state index contributed by atoms with van der Waals surface area (Å²) in [6.07, 6.45) is 0. The van der Waals surface area contributed by atoms with Gasteiger partial charge in [-0.3, -0.25) is 9.59 Å². The fourth-order valence-electron chi connectivity index (χ4n) is 1.09. The van der Waals surface area contributed by atoms with Gasteiger partial charge in [-0.05, 0) is 36.3 Å². The van der Waals surface area contributed by atoms with Crippen molar-refractivity contribution in [1.82, 2.24) is 0 Å². The van der Waals surface area contributed by atoms with E-state index in [9.17, 15) is 9.59 Å². The van der Waals surface area contributed by atoms with Crippen LogP contribution in [-0.2, 0) is 18.4 Å². The lowest BCUT2D eigenvalue weighted by Crippen LogP contribution is -2.45. The van der Waals surface area contributed by atoms with E-state index in [0.717, 1.165) is 0 Å². The van der Waals surface area contributed by atoms with E-state index in [1.54, 1.807) is 0 Å². The monoisotopic (exact) mass is 346 g/mol. The third-order valence-corrected chi connectivity index (χ3v) is 14.0. The van der Waals surface area contributed by atoms with Gasteiger partial charge in [0.05, 0.1) is 0 Å². The standard InChI is InChI=1S/C16H34O4Si2/c1-15(2,3)21(7,8)19-11-13(17)14(18)12-20-22(9,10)16(4,5)6/h11-12H2,1-10H3. The average Bonchev–Trinajstić information content (AvgIpc) is 2.30. The minimum atomic E-state index is -2.01. The van der Waals surface area contributed by atoms with Gasteiger partial charge in [0.1, 0.15) is 13.2 Å². The minimum absolute atomic E-state index is 0.0218. The Labute approximate surface area is 138 Å². The number of ketones is 2. The van der Waals surface area contributed by atoms with Gasteiger partial charge in [0, 0.05) is 0 Å². The van der Waals surface area contributed by atoms with Crippen molar-refractivity contribution in [2.75, 3.05) is 13.2 Å². The zero-order chi connectivity index (χ0) is 18.0. The summed E-state index contributed by atoms with van der Waals surface area (Å²) in [6.45, 7) is 20.6. The summed E-state index contributed by atoms with van der Waals surface area (Å²) in [5, 5.41) is 0.0436. The van der Waals surface area contributed by atoms with E-state index < -0.39 is 28.2 Å². The van der Waals surface area contributed by atoms with Crippen LogP contribution in [0.4, 0.5) is 0 Å². The van der Waals surface area contributed by atoms with Gasteiger partial charge in [0.25, 0.3) is 0 Å². The summed E-state index contributed by atoms with van der Waals surface area (Å²) in [5.74, 6) is -0.966. The number of hydrogen-bond donors (Lipinski definition) is 0. The second-order valence-electron chi connectivity index (χ2n) is 8.94. The van der Waals surface area contributed by atoms with Crippen LogP contribution in [0.5, 0.6) is 0 Å². The Bertz CT molecular complexity index is 375. The lowest BCUT2D eigenvalue weighted by molar-refractivity contribution is -0.139. The largest absolute Gasteiger partial charge is 0.409 e. The number of Topliss-reactive ketones (excluding diaryl/α,β-unsaturated/α-hetero) is 2. The Hall–Kier alpha value is -0.306. The zero-order valence-corrected chi connectivity index (χ0v) is 18.0. The van der Waals surface area contributed by atoms with Crippen molar-refractivity contribution in [3.05, 3.63) is 0 Å². The van der Waals surface area contributed by atoms with Crippen LogP contribution in [0.1, 0.15) is 41.5 Å². The van der Waals surface area contributed by atoms with Crippen molar-refractivity contribution < 1.29 is 18.4 Å². The molecule has 130 valence electrons. The molecule has 4 nitrogen and oxygen atoms in total. The molecule has 22 heavy (non-hydrogen) atoms. The maximum atomic E-state index is 12.0. The van der Waals surface area contributed by atoms with Crippen LogP contribution in [0, 0.1) is 0 Å². The lowest BCUT2D eigenvalue weighted by Gasteiger charge is -2.36. The molecule has 0 aliphatic rings. The fourth-order valence-corrected chi connectivity index (χ4v) is 2.94. The maximum Gasteiger partial charge on any atom is 0.225 e. The van der Waals surface area contributed by atoms with E-state index in [1.807, 2.05) is 0 Å². The molecule has 0 radical (unpaired) electrons. The van der Waals surface area contributed by atoms with Gasteiger partial charge < -0.3 is 8.85 Å². The van der Waals surface area contributed by atoms with E-state index in [4.69, 9.17) is 8.85 Å². The van der Waals surface area contributed by atoms with Gasteiger partial charge in [-0.15, -0.1) is 0 Å². The first kappa shape index (κ1) is 21.7. The second kappa shape index (κ2) is 7.07. The molecule has 0 aromatic heterocycles. The van der Waals surface area contributed by atoms with E-state index in [2.05, 4.69) is 67.7 Å². The molecule has 0 N–H and O–H groups in total. The van der Waals surface area contributed by atoms with Crippen LogP contribution < -0.4 is 0 Å². The first-order chi connectivity index (χ1) is 9.51. The van der Waals surface area contributed by atoms with Crippen molar-refractivity contribution in [1.29, 1.82) is 0 Å². The van der Waals surface area contributed by atoms with Gasteiger partial charge in [-0.2, -0.15) is 0 Å². The highest BCUT2D eigenvalue weighted by Gasteiger charge is 2.39. The topological polar surface area (TPSA) is 52.6 Å². The van der Waals surface area contributed by atoms with Crippen molar-refractivity contribution in [3.8, 4) is 0 Å². The van der Waals surface area contributed by atoms with Gasteiger partial charge in [0.15, 0.2) is 16.6 Å². The van der Waals surface area contributed by atoms with Crippen LogP contribution in [0.15, 0.2) is 0 Å². The number of carbonyl (C=O) groups excluding carboxylic acids is 2. The molecule has 0 unspecified atom stereocenters. The molecule has 0 heterocycles. The molecule has 0 saturated heterocycles. The fraction of sp³-hybridized carbons (Fsp3) is 0.875. The molecule has 0 atom stereocenters. The Morgan fingerprint density at radius 3 is 1.09 bits per heavy atom. The number of carbonyl (C=O) groups is 2. The predicted molar refractivity (Wildman–Crippen MR) is 96.3 cm³/mol. The molecule has 0 saturated carbocycles. The molecule has 6 heteroatoms. The summed E-state index contributed by atoms with van der Waals surface area (Å²) in [4.78, 5) is 23.9. The second-order valence-corrected chi connectivity index (χ2v) is 18.6. The van der Waals surface area contributed by atoms with Crippen molar-refractivity contribution in [3.63, 3.8) is 0 Å². The average molecular weight is 347 g/mol. The summed E-state index contributed by atoms with van der Waals surface area (Å²) < 4.78 is 11.6. The molecule has 0 aliphatic heterocycles. The molecule has 0 aliphatic carbocycles. The van der Waals surface area contributed by atoms with E-state index >= 15 is 0 Å². The van der Waals surface area contributed by atoms with E-state index in [1.165, 1.54) is 0 Å². The molecule has 0 spiro atoms. The summed E-state index contributed by atoms with van der Waals surface area (Å²) in [5.41, 5.74) is 0. The third kappa shape index (κ3) is 6.06. The molecule has 0 rings (SSSR count). The normalized spacial score (nSPS) is 14.1. The van der Waals surface area contributed by atoms with Crippen molar-refractivity contribution >= 4 is 28.2 Å². The van der Waals surface area contributed by atoms with Crippen LogP contribution in [0.3, 0.4) is 0 Å². The maximum absolute atomic E-state index is 12.0. The van der Waals surface area contributed by atoms with Gasteiger partial charge in [0.2, 0.25) is 11.6 Å². The molecular weight excluding hydrogens is 312 g/mol. The van der Waals surface area contributed by atoms with Crippen LogP contribution >= 0.6 is 0 Å². The van der Waals surface area contributed by atoms with E-state index in [0.29, 0.717) is 0 Å². The Morgan fingerprint density at radius 1 is 0.682 bits per heavy atom. The first-order valence-electron chi connectivity index (χ1n) is 7.85. The lowest BCUT2D eigenvalue weighted by atomic mass is 10.2. The van der Waals surface area contributed by atoms with Gasteiger partial charge in [-0.25, -0.2) is 0 Å². The summed E-state index contributed by atoms with van der Waals surface area (Å²) in [7, 11) is -4.02. The Balaban J connectivity index is 4.51. The molecule has 0 aromatic carbocycles. The Kier molecular flexibility index (Phi) is 6.97. The number of rotatable bonds is 7. The van der Waals surface area contributed by atoms with Gasteiger partial charge >= 0.3 is 0 Å². The first-order valence-corrected chi connectivity index (χ1v) is 13.7. The zero-order valence-electron chi connectivity index (χ0n) is 16.0. The summed E-state index contributed by atoms with van der Waals surface area (Å²) >= 11 is 0. The highest BCUT2D eigenvalue weighted by Crippen LogP contribution is 2.37. The third-order valence-electron chi connectivity index (χ3n) is 5.05. The molecule has 0 aromatic rings. The molecule has 0 amide bonds. The molecular formula is C16H34O4Si2. The van der Waals surface area contributed by atoms with E-state index in [-0.39, 0.29) is 23.3 Å². The van der Waals surface area contributed by atoms with Crippen molar-refractivity contribution in [2.45, 2.75) is 77.8 Å².